The third-order valence-electron chi connectivity index (χ3n) is 5.33. The van der Waals surface area contributed by atoms with Crippen molar-refractivity contribution < 1.29 is 4.79 Å². The van der Waals surface area contributed by atoms with Crippen molar-refractivity contribution in [2.45, 2.75) is 12.8 Å². The average molecular weight is 432 g/mol. The molecule has 1 amide bonds. The Bertz CT molecular complexity index is 1110. The minimum atomic E-state index is -0.135. The van der Waals surface area contributed by atoms with Gasteiger partial charge in [0, 0.05) is 16.3 Å². The lowest BCUT2D eigenvalue weighted by Gasteiger charge is -2.15. The van der Waals surface area contributed by atoms with Crippen molar-refractivity contribution in [3.05, 3.63) is 94.5 Å². The summed E-state index contributed by atoms with van der Waals surface area (Å²) in [6.45, 7) is 1.07. The van der Waals surface area contributed by atoms with Gasteiger partial charge in [0.1, 0.15) is 0 Å². The summed E-state index contributed by atoms with van der Waals surface area (Å²) in [5.74, 6) is -0.135. The van der Waals surface area contributed by atoms with Crippen LogP contribution in [0.5, 0.6) is 0 Å². The van der Waals surface area contributed by atoms with Crippen LogP contribution in [-0.2, 0) is 11.2 Å². The van der Waals surface area contributed by atoms with Crippen molar-refractivity contribution >= 4 is 40.2 Å². The number of aryl methyl sites for hydroxylation is 1. The van der Waals surface area contributed by atoms with Crippen LogP contribution in [0, 0.1) is 0 Å². The minimum Gasteiger partial charge on any atom is -0.354 e. The molecule has 2 N–H and O–H groups in total. The highest BCUT2D eigenvalue weighted by Crippen LogP contribution is 2.38. The van der Waals surface area contributed by atoms with Crippen molar-refractivity contribution in [3.8, 4) is 0 Å². The summed E-state index contributed by atoms with van der Waals surface area (Å²) in [6.07, 6.45) is 2.17. The predicted molar refractivity (Wildman–Crippen MR) is 130 cm³/mol. The van der Waals surface area contributed by atoms with Gasteiger partial charge in [0.25, 0.3) is 5.91 Å². The summed E-state index contributed by atoms with van der Waals surface area (Å²) in [6, 6.07) is 23.9. The van der Waals surface area contributed by atoms with Crippen LogP contribution in [0.3, 0.4) is 0 Å². The van der Waals surface area contributed by atoms with Crippen LogP contribution in [-0.4, -0.2) is 31.4 Å². The van der Waals surface area contributed by atoms with E-state index in [4.69, 9.17) is 11.6 Å². The molecular weight excluding hydrogens is 406 g/mol. The molecule has 3 aromatic carbocycles. The molecule has 1 aliphatic rings. The molecule has 1 heterocycles. The number of halogens is 1. The number of rotatable bonds is 7. The third-order valence-corrected chi connectivity index (χ3v) is 5.57. The highest BCUT2D eigenvalue weighted by molar-refractivity contribution is 6.38. The second-order valence-corrected chi connectivity index (χ2v) is 8.43. The van der Waals surface area contributed by atoms with E-state index in [0.717, 1.165) is 47.6 Å². The van der Waals surface area contributed by atoms with Crippen LogP contribution < -0.4 is 10.6 Å². The number of nitrogens with one attached hydrogen (secondary N) is 2. The molecule has 0 saturated carbocycles. The lowest BCUT2D eigenvalue weighted by atomic mass is 10.00. The first kappa shape index (κ1) is 21.2. The highest BCUT2D eigenvalue weighted by Gasteiger charge is 2.28. The maximum Gasteiger partial charge on any atom is 0.258 e. The Kier molecular flexibility index (Phi) is 6.40. The molecule has 158 valence electrons. The Morgan fingerprint density at radius 2 is 1.74 bits per heavy atom. The number of benzene rings is 3. The van der Waals surface area contributed by atoms with Crippen molar-refractivity contribution in [2.75, 3.05) is 31.3 Å². The van der Waals surface area contributed by atoms with Gasteiger partial charge in [0.2, 0.25) is 0 Å². The van der Waals surface area contributed by atoms with E-state index < -0.39 is 0 Å². The van der Waals surface area contributed by atoms with Gasteiger partial charge in [-0.05, 0) is 68.9 Å². The molecule has 0 radical (unpaired) electrons. The largest absolute Gasteiger partial charge is 0.354 e. The molecule has 0 fully saturated rings. The van der Waals surface area contributed by atoms with E-state index in [1.807, 2.05) is 42.5 Å². The number of carbonyl (C=O) groups is 1. The summed E-state index contributed by atoms with van der Waals surface area (Å²) < 4.78 is 0. The molecule has 31 heavy (non-hydrogen) atoms. The zero-order valence-corrected chi connectivity index (χ0v) is 18.5. The second kappa shape index (κ2) is 9.38. The van der Waals surface area contributed by atoms with Crippen LogP contribution in [0.1, 0.15) is 23.1 Å². The van der Waals surface area contributed by atoms with Gasteiger partial charge in [0.15, 0.2) is 0 Å². The zero-order chi connectivity index (χ0) is 21.8. The van der Waals surface area contributed by atoms with Crippen LogP contribution in [0.25, 0.3) is 11.3 Å². The molecule has 0 atom stereocenters. The first-order valence-corrected chi connectivity index (χ1v) is 10.8. The van der Waals surface area contributed by atoms with Crippen molar-refractivity contribution in [3.63, 3.8) is 0 Å². The Morgan fingerprint density at radius 1 is 1.00 bits per heavy atom. The number of nitrogens with zero attached hydrogens (tertiary/aromatic N) is 1. The fourth-order valence-corrected chi connectivity index (χ4v) is 3.95. The summed E-state index contributed by atoms with van der Waals surface area (Å²) >= 11 is 6.13. The van der Waals surface area contributed by atoms with Gasteiger partial charge in [-0.2, -0.15) is 0 Å². The maximum absolute atomic E-state index is 12.9. The fourth-order valence-electron chi connectivity index (χ4n) is 3.78. The molecule has 0 aliphatic carbocycles. The monoisotopic (exact) mass is 431 g/mol. The molecule has 0 aromatic heterocycles. The Labute approximate surface area is 188 Å². The molecule has 4 rings (SSSR count). The number of anilines is 2. The summed E-state index contributed by atoms with van der Waals surface area (Å²) in [4.78, 5) is 15.1. The number of fused-ring (bicyclic) bond motifs is 1. The molecule has 4 nitrogen and oxygen atoms in total. The topological polar surface area (TPSA) is 44.4 Å². The Hall–Kier alpha value is -3.08. The molecule has 3 aromatic rings. The van der Waals surface area contributed by atoms with E-state index >= 15 is 0 Å². The molecule has 0 unspecified atom stereocenters. The average Bonchev–Trinajstić information content (AvgIpc) is 3.08. The first-order chi connectivity index (χ1) is 15.0. The second-order valence-electron chi connectivity index (χ2n) is 7.99. The van der Waals surface area contributed by atoms with Crippen molar-refractivity contribution in [1.82, 2.24) is 4.90 Å². The number of hydrogen-bond acceptors (Lipinski definition) is 3. The van der Waals surface area contributed by atoms with Gasteiger partial charge >= 0.3 is 0 Å². The SMILES string of the molecule is CN(C)CCCc1ccc(N/C(=C2\C(=O)Nc3cc(Cl)ccc32)c2ccccc2)cc1. The molecule has 5 heteroatoms. The molecule has 1 aliphatic heterocycles. The first-order valence-electron chi connectivity index (χ1n) is 10.4. The van der Waals surface area contributed by atoms with E-state index in [1.54, 1.807) is 6.07 Å². The van der Waals surface area contributed by atoms with Crippen molar-refractivity contribution in [2.24, 2.45) is 0 Å². The van der Waals surface area contributed by atoms with Crippen LogP contribution >= 0.6 is 11.6 Å². The smallest absolute Gasteiger partial charge is 0.258 e. The van der Waals surface area contributed by atoms with Gasteiger partial charge in [-0.15, -0.1) is 0 Å². The van der Waals surface area contributed by atoms with E-state index in [-0.39, 0.29) is 5.91 Å². The molecular formula is C26H26ClN3O. The summed E-state index contributed by atoms with van der Waals surface area (Å²) in [7, 11) is 4.19. The normalized spacial score (nSPS) is 14.4. The van der Waals surface area contributed by atoms with Crippen LogP contribution in [0.4, 0.5) is 11.4 Å². The standard InChI is InChI=1S/C26H26ClN3O/c1-30(2)16-6-7-18-10-13-21(14-11-18)28-25(19-8-4-3-5-9-19)24-22-15-12-20(27)17-23(22)29-26(24)31/h3-5,8-15,17,28H,6-7,16H2,1-2H3,(H,29,31)/b25-24-. The van der Waals surface area contributed by atoms with E-state index in [1.165, 1.54) is 5.56 Å². The maximum atomic E-state index is 12.9. The predicted octanol–water partition coefficient (Wildman–Crippen LogP) is 5.77. The third kappa shape index (κ3) is 4.98. The number of amides is 1. The lowest BCUT2D eigenvalue weighted by molar-refractivity contribution is -0.110. The van der Waals surface area contributed by atoms with E-state index in [0.29, 0.717) is 10.6 Å². The van der Waals surface area contributed by atoms with Gasteiger partial charge in [-0.1, -0.05) is 60.1 Å². The highest BCUT2D eigenvalue weighted by atomic mass is 35.5. The van der Waals surface area contributed by atoms with Gasteiger partial charge in [-0.3, -0.25) is 4.79 Å². The molecule has 0 saturated heterocycles. The van der Waals surface area contributed by atoms with Crippen LogP contribution in [0.2, 0.25) is 5.02 Å². The summed E-state index contributed by atoms with van der Waals surface area (Å²) in [5.41, 5.74) is 6.18. The van der Waals surface area contributed by atoms with Crippen LogP contribution in [0.15, 0.2) is 72.8 Å². The fraction of sp³-hybridized carbons (Fsp3) is 0.192. The zero-order valence-electron chi connectivity index (χ0n) is 17.8. The van der Waals surface area contributed by atoms with Gasteiger partial charge < -0.3 is 15.5 Å². The number of hydrogen-bond donors (Lipinski definition) is 2. The Balaban J connectivity index is 1.67. The van der Waals surface area contributed by atoms with Crippen molar-refractivity contribution in [1.29, 1.82) is 0 Å². The quantitative estimate of drug-likeness (QED) is 0.467. The molecule has 0 bridgehead atoms. The molecule has 0 spiro atoms. The Morgan fingerprint density at radius 3 is 2.45 bits per heavy atom. The number of carbonyl (C=O) groups excluding carboxylic acids is 1. The minimum absolute atomic E-state index is 0.135. The van der Waals surface area contributed by atoms with E-state index in [2.05, 4.69) is 53.9 Å². The van der Waals surface area contributed by atoms with Gasteiger partial charge in [-0.25, -0.2) is 0 Å². The lowest BCUT2D eigenvalue weighted by Crippen LogP contribution is -2.13. The summed E-state index contributed by atoms with van der Waals surface area (Å²) in [5, 5.41) is 7.04. The van der Waals surface area contributed by atoms with Gasteiger partial charge in [0.05, 0.1) is 17.0 Å². The van der Waals surface area contributed by atoms with E-state index in [9.17, 15) is 4.79 Å².